The van der Waals surface area contributed by atoms with Crippen LogP contribution in [0.3, 0.4) is 0 Å². The Balaban J connectivity index is 1.74. The van der Waals surface area contributed by atoms with Gasteiger partial charge in [0.1, 0.15) is 0 Å². The smallest absolute Gasteiger partial charge is 0.0700 e. The Labute approximate surface area is 104 Å². The molecule has 0 aliphatic heterocycles. The van der Waals surface area contributed by atoms with Crippen LogP contribution in [0.25, 0.3) is 0 Å². The van der Waals surface area contributed by atoms with Crippen LogP contribution in [0.2, 0.25) is 0 Å². The Morgan fingerprint density at radius 3 is 2.65 bits per heavy atom. The highest BCUT2D eigenvalue weighted by molar-refractivity contribution is 4.99. The van der Waals surface area contributed by atoms with Gasteiger partial charge in [0.25, 0.3) is 0 Å². The normalized spacial score (nSPS) is 15.1. The van der Waals surface area contributed by atoms with E-state index in [0.717, 1.165) is 37.8 Å². The summed E-state index contributed by atoms with van der Waals surface area (Å²) in [6.45, 7) is 8.29. The molecule has 0 bridgehead atoms. The zero-order valence-electron chi connectivity index (χ0n) is 10.9. The fraction of sp³-hybridized carbons (Fsp3) is 0.846. The molecule has 0 atom stereocenters. The summed E-state index contributed by atoms with van der Waals surface area (Å²) < 4.78 is 15.7. The van der Waals surface area contributed by atoms with Crippen LogP contribution in [0.15, 0.2) is 12.2 Å². The van der Waals surface area contributed by atoms with Crippen molar-refractivity contribution in [3.05, 3.63) is 12.2 Å². The van der Waals surface area contributed by atoms with E-state index in [1.807, 2.05) is 0 Å². The van der Waals surface area contributed by atoms with Crippen molar-refractivity contribution in [1.29, 1.82) is 0 Å². The molecule has 4 heteroatoms. The van der Waals surface area contributed by atoms with Gasteiger partial charge in [-0.1, -0.05) is 6.58 Å². The van der Waals surface area contributed by atoms with Gasteiger partial charge in [-0.2, -0.15) is 0 Å². The number of hydrogen-bond donors (Lipinski definition) is 1. The molecule has 0 aromatic rings. The maximum atomic E-state index is 5.50. The average molecular weight is 243 g/mol. The van der Waals surface area contributed by atoms with Gasteiger partial charge in [-0.25, -0.2) is 0 Å². The Morgan fingerprint density at radius 2 is 1.94 bits per heavy atom. The van der Waals surface area contributed by atoms with Crippen molar-refractivity contribution in [2.45, 2.75) is 25.3 Å². The van der Waals surface area contributed by atoms with Crippen molar-refractivity contribution in [3.8, 4) is 0 Å². The first-order valence-corrected chi connectivity index (χ1v) is 6.37. The van der Waals surface area contributed by atoms with E-state index in [1.165, 1.54) is 12.8 Å². The third-order valence-corrected chi connectivity index (χ3v) is 2.53. The molecule has 0 aromatic carbocycles. The van der Waals surface area contributed by atoms with Gasteiger partial charge in [0.05, 0.1) is 19.8 Å². The minimum absolute atomic E-state index is 0.651. The highest BCUT2D eigenvalue weighted by Gasteiger charge is 2.19. The molecule has 1 fully saturated rings. The minimum Gasteiger partial charge on any atom is -0.382 e. The molecule has 100 valence electrons. The number of rotatable bonds is 12. The lowest BCUT2D eigenvalue weighted by Crippen LogP contribution is -2.21. The van der Waals surface area contributed by atoms with Crippen molar-refractivity contribution in [3.63, 3.8) is 0 Å². The molecule has 0 saturated heterocycles. The second kappa shape index (κ2) is 9.59. The Morgan fingerprint density at radius 1 is 1.18 bits per heavy atom. The first-order valence-electron chi connectivity index (χ1n) is 6.37. The fourth-order valence-electron chi connectivity index (χ4n) is 1.35. The summed E-state index contributed by atoms with van der Waals surface area (Å²) in [7, 11) is 1.67. The van der Waals surface area contributed by atoms with Gasteiger partial charge >= 0.3 is 0 Å². The summed E-state index contributed by atoms with van der Waals surface area (Å²) in [4.78, 5) is 0. The SMILES string of the molecule is C=C(CNC1CC1)COCCCOCCOC. The van der Waals surface area contributed by atoms with Crippen LogP contribution < -0.4 is 5.32 Å². The summed E-state index contributed by atoms with van der Waals surface area (Å²) in [6.07, 6.45) is 3.55. The van der Waals surface area contributed by atoms with E-state index < -0.39 is 0 Å². The largest absolute Gasteiger partial charge is 0.382 e. The van der Waals surface area contributed by atoms with Crippen LogP contribution in [0.4, 0.5) is 0 Å². The Bertz CT molecular complexity index is 205. The van der Waals surface area contributed by atoms with Gasteiger partial charge in [0.15, 0.2) is 0 Å². The van der Waals surface area contributed by atoms with Gasteiger partial charge in [0.2, 0.25) is 0 Å². The number of methoxy groups -OCH3 is 1. The monoisotopic (exact) mass is 243 g/mol. The van der Waals surface area contributed by atoms with Gasteiger partial charge in [-0.15, -0.1) is 0 Å². The maximum absolute atomic E-state index is 5.50. The molecule has 1 N–H and O–H groups in total. The quantitative estimate of drug-likeness (QED) is 0.415. The highest BCUT2D eigenvalue weighted by Crippen LogP contribution is 2.18. The summed E-state index contributed by atoms with van der Waals surface area (Å²) in [6, 6.07) is 0.737. The van der Waals surface area contributed by atoms with Crippen LogP contribution in [-0.2, 0) is 14.2 Å². The second-order valence-electron chi connectivity index (χ2n) is 4.42. The van der Waals surface area contributed by atoms with Crippen molar-refractivity contribution in [2.24, 2.45) is 0 Å². The van der Waals surface area contributed by atoms with Gasteiger partial charge < -0.3 is 19.5 Å². The van der Waals surface area contributed by atoms with Crippen LogP contribution in [0.1, 0.15) is 19.3 Å². The van der Waals surface area contributed by atoms with Crippen molar-refractivity contribution < 1.29 is 14.2 Å². The molecule has 1 rings (SSSR count). The molecule has 0 unspecified atom stereocenters. The fourth-order valence-corrected chi connectivity index (χ4v) is 1.35. The Hall–Kier alpha value is -0.420. The summed E-state index contributed by atoms with van der Waals surface area (Å²) in [5, 5.41) is 3.41. The molecule has 0 heterocycles. The van der Waals surface area contributed by atoms with Crippen LogP contribution in [0.5, 0.6) is 0 Å². The lowest BCUT2D eigenvalue weighted by Gasteiger charge is -2.08. The number of hydrogen-bond acceptors (Lipinski definition) is 4. The van der Waals surface area contributed by atoms with Crippen molar-refractivity contribution >= 4 is 0 Å². The second-order valence-corrected chi connectivity index (χ2v) is 4.42. The minimum atomic E-state index is 0.651. The van der Waals surface area contributed by atoms with Crippen LogP contribution in [-0.4, -0.2) is 52.7 Å². The third-order valence-electron chi connectivity index (χ3n) is 2.53. The molecule has 1 aliphatic carbocycles. The molecule has 1 aliphatic rings. The van der Waals surface area contributed by atoms with Gasteiger partial charge in [-0.3, -0.25) is 0 Å². The van der Waals surface area contributed by atoms with E-state index in [1.54, 1.807) is 7.11 Å². The topological polar surface area (TPSA) is 39.7 Å². The van der Waals surface area contributed by atoms with E-state index in [-0.39, 0.29) is 0 Å². The predicted molar refractivity (Wildman–Crippen MR) is 68.3 cm³/mol. The van der Waals surface area contributed by atoms with E-state index in [0.29, 0.717) is 19.8 Å². The first-order chi connectivity index (χ1) is 8.33. The van der Waals surface area contributed by atoms with Crippen LogP contribution >= 0.6 is 0 Å². The number of ether oxygens (including phenoxy) is 3. The van der Waals surface area contributed by atoms with Crippen molar-refractivity contribution in [2.75, 3.05) is 46.7 Å². The van der Waals surface area contributed by atoms with E-state index in [4.69, 9.17) is 14.2 Å². The molecule has 17 heavy (non-hydrogen) atoms. The molecular formula is C13H25NO3. The molecule has 0 aromatic heterocycles. The molecule has 1 saturated carbocycles. The van der Waals surface area contributed by atoms with E-state index >= 15 is 0 Å². The lowest BCUT2D eigenvalue weighted by molar-refractivity contribution is 0.0544. The van der Waals surface area contributed by atoms with E-state index in [9.17, 15) is 0 Å². The molecule has 4 nitrogen and oxygen atoms in total. The zero-order chi connectivity index (χ0) is 12.3. The molecule has 0 radical (unpaired) electrons. The molecule has 0 spiro atoms. The summed E-state index contributed by atoms with van der Waals surface area (Å²) >= 11 is 0. The van der Waals surface area contributed by atoms with Gasteiger partial charge in [0, 0.05) is 32.9 Å². The lowest BCUT2D eigenvalue weighted by atomic mass is 10.3. The third kappa shape index (κ3) is 9.30. The maximum Gasteiger partial charge on any atom is 0.0700 e. The molecular weight excluding hydrogens is 218 g/mol. The van der Waals surface area contributed by atoms with Gasteiger partial charge in [-0.05, 0) is 24.8 Å². The van der Waals surface area contributed by atoms with Crippen molar-refractivity contribution in [1.82, 2.24) is 5.32 Å². The summed E-state index contributed by atoms with van der Waals surface area (Å²) in [5.74, 6) is 0. The van der Waals surface area contributed by atoms with E-state index in [2.05, 4.69) is 11.9 Å². The molecule has 0 amide bonds. The zero-order valence-corrected chi connectivity index (χ0v) is 10.9. The predicted octanol–water partition coefficient (Wildman–Crippen LogP) is 1.36. The number of nitrogens with one attached hydrogen (secondary N) is 1. The standard InChI is InChI=1S/C13H25NO3/c1-12(10-14-13-4-5-13)11-17-7-3-6-16-9-8-15-2/h13-14H,1,3-11H2,2H3. The Kier molecular flexibility index (Phi) is 8.26. The summed E-state index contributed by atoms with van der Waals surface area (Å²) in [5.41, 5.74) is 1.12. The first kappa shape index (κ1) is 14.6. The average Bonchev–Trinajstić information content (AvgIpc) is 3.14. The van der Waals surface area contributed by atoms with Crippen LogP contribution in [0, 0.1) is 0 Å². The highest BCUT2D eigenvalue weighted by atomic mass is 16.5.